The van der Waals surface area contributed by atoms with Gasteiger partial charge in [0.15, 0.2) is 9.84 Å². The van der Waals surface area contributed by atoms with Gasteiger partial charge in [0.2, 0.25) is 5.91 Å². The summed E-state index contributed by atoms with van der Waals surface area (Å²) in [6.07, 6.45) is 1.79. The van der Waals surface area contributed by atoms with Crippen LogP contribution in [0.4, 0.5) is 0 Å². The molecular formula is C18H19NO3S. The van der Waals surface area contributed by atoms with Crippen LogP contribution in [0.2, 0.25) is 0 Å². The second-order valence-electron chi connectivity index (χ2n) is 5.78. The van der Waals surface area contributed by atoms with Gasteiger partial charge >= 0.3 is 0 Å². The molecule has 0 saturated heterocycles. The van der Waals surface area contributed by atoms with Crippen LogP contribution in [0.15, 0.2) is 65.6 Å². The van der Waals surface area contributed by atoms with E-state index in [9.17, 15) is 13.2 Å². The van der Waals surface area contributed by atoms with Crippen molar-refractivity contribution < 1.29 is 13.2 Å². The van der Waals surface area contributed by atoms with Crippen molar-refractivity contribution in [2.24, 2.45) is 5.92 Å². The van der Waals surface area contributed by atoms with Gasteiger partial charge in [0.25, 0.3) is 0 Å². The van der Waals surface area contributed by atoms with Crippen LogP contribution in [0.5, 0.6) is 0 Å². The fraction of sp³-hybridized carbons (Fsp3) is 0.278. The molecule has 1 saturated carbocycles. The van der Waals surface area contributed by atoms with Crippen LogP contribution in [-0.4, -0.2) is 20.9 Å². The first-order chi connectivity index (χ1) is 11.1. The second kappa shape index (κ2) is 6.54. The van der Waals surface area contributed by atoms with Gasteiger partial charge in [-0.1, -0.05) is 48.5 Å². The minimum atomic E-state index is -3.57. The van der Waals surface area contributed by atoms with E-state index in [1.165, 1.54) is 0 Å². The number of sulfone groups is 1. The molecule has 0 spiro atoms. The highest BCUT2D eigenvalue weighted by molar-refractivity contribution is 7.91. The fourth-order valence-corrected chi connectivity index (χ4v) is 4.22. The Morgan fingerprint density at radius 1 is 1.00 bits per heavy atom. The van der Waals surface area contributed by atoms with Gasteiger partial charge in [0, 0.05) is 12.5 Å². The molecule has 0 unspecified atom stereocenters. The summed E-state index contributed by atoms with van der Waals surface area (Å²) in [4.78, 5) is 12.2. The maximum atomic E-state index is 13.0. The van der Waals surface area contributed by atoms with Gasteiger partial charge in [-0.05, 0) is 30.5 Å². The number of nitrogens with one attached hydrogen (secondary N) is 1. The molecule has 1 N–H and O–H groups in total. The summed E-state index contributed by atoms with van der Waals surface area (Å²) in [5, 5.41) is 2.02. The zero-order chi connectivity index (χ0) is 16.3. The molecule has 23 heavy (non-hydrogen) atoms. The molecule has 2 aromatic rings. The molecular weight excluding hydrogens is 310 g/mol. The highest BCUT2D eigenvalue weighted by Gasteiger charge is 2.33. The average molecular weight is 329 g/mol. The van der Waals surface area contributed by atoms with E-state index in [-0.39, 0.29) is 23.3 Å². The molecule has 2 aromatic carbocycles. The maximum absolute atomic E-state index is 13.0. The van der Waals surface area contributed by atoms with Crippen molar-refractivity contribution in [3.05, 3.63) is 66.2 Å². The fourth-order valence-electron chi connectivity index (χ4n) is 2.53. The van der Waals surface area contributed by atoms with Gasteiger partial charge in [-0.2, -0.15) is 0 Å². The molecule has 3 rings (SSSR count). The summed E-state index contributed by atoms with van der Waals surface area (Å²) in [5.41, 5.74) is 0.687. The minimum Gasteiger partial charge on any atom is -0.354 e. The van der Waals surface area contributed by atoms with Gasteiger partial charge in [-0.3, -0.25) is 4.79 Å². The first kappa shape index (κ1) is 15.7. The van der Waals surface area contributed by atoms with Gasteiger partial charge in [0.1, 0.15) is 5.25 Å². The number of amides is 1. The maximum Gasteiger partial charge on any atom is 0.223 e. The highest BCUT2D eigenvalue weighted by Crippen LogP contribution is 2.31. The summed E-state index contributed by atoms with van der Waals surface area (Å²) < 4.78 is 26.0. The quantitative estimate of drug-likeness (QED) is 0.886. The Morgan fingerprint density at radius 2 is 1.57 bits per heavy atom. The van der Waals surface area contributed by atoms with Crippen molar-refractivity contribution in [2.75, 3.05) is 6.54 Å². The van der Waals surface area contributed by atoms with Crippen molar-refractivity contribution in [1.29, 1.82) is 0 Å². The molecule has 1 amide bonds. The zero-order valence-electron chi connectivity index (χ0n) is 12.7. The number of hydrogen-bond donors (Lipinski definition) is 1. The topological polar surface area (TPSA) is 63.2 Å². The molecule has 1 aliphatic carbocycles. The molecule has 1 fully saturated rings. The van der Waals surface area contributed by atoms with E-state index in [0.717, 1.165) is 12.8 Å². The van der Waals surface area contributed by atoms with Crippen molar-refractivity contribution in [2.45, 2.75) is 23.0 Å². The van der Waals surface area contributed by atoms with Gasteiger partial charge < -0.3 is 5.32 Å². The van der Waals surface area contributed by atoms with E-state index < -0.39 is 15.1 Å². The Kier molecular flexibility index (Phi) is 4.48. The standard InChI is InChI=1S/C18H19NO3S/c20-18(15-11-12-15)19-13-17(14-7-3-1-4-8-14)23(21,22)16-9-5-2-6-10-16/h1-10,15,17H,11-13H2,(H,19,20)/t17-/m0/s1. The lowest BCUT2D eigenvalue weighted by Gasteiger charge is -2.19. The molecule has 0 aromatic heterocycles. The van der Waals surface area contributed by atoms with Crippen molar-refractivity contribution in [3.8, 4) is 0 Å². The number of benzene rings is 2. The van der Waals surface area contributed by atoms with Crippen molar-refractivity contribution >= 4 is 15.7 Å². The molecule has 0 heterocycles. The summed E-state index contributed by atoms with van der Waals surface area (Å²) in [6.45, 7) is 0.0938. The zero-order valence-corrected chi connectivity index (χ0v) is 13.5. The van der Waals surface area contributed by atoms with Crippen LogP contribution >= 0.6 is 0 Å². The Hall–Kier alpha value is -2.14. The lowest BCUT2D eigenvalue weighted by molar-refractivity contribution is -0.122. The lowest BCUT2D eigenvalue weighted by atomic mass is 10.1. The van der Waals surface area contributed by atoms with E-state index >= 15 is 0 Å². The molecule has 1 aliphatic rings. The Labute approximate surface area is 136 Å². The minimum absolute atomic E-state index is 0.0470. The predicted octanol–water partition coefficient (Wildman–Crippen LogP) is 2.73. The number of carbonyl (C=O) groups is 1. The van der Waals surface area contributed by atoms with E-state index in [4.69, 9.17) is 0 Å². The Bertz CT molecular complexity index is 768. The Morgan fingerprint density at radius 3 is 2.13 bits per heavy atom. The molecule has 0 aliphatic heterocycles. The largest absolute Gasteiger partial charge is 0.354 e. The lowest BCUT2D eigenvalue weighted by Crippen LogP contribution is -2.32. The van der Waals surface area contributed by atoms with E-state index in [0.29, 0.717) is 5.56 Å². The summed E-state index contributed by atoms with van der Waals surface area (Å²) in [6, 6.07) is 17.4. The van der Waals surface area contributed by atoms with Crippen LogP contribution in [0, 0.1) is 5.92 Å². The highest BCUT2D eigenvalue weighted by atomic mass is 32.2. The first-order valence-electron chi connectivity index (χ1n) is 7.70. The molecule has 1 atom stereocenters. The molecule has 0 radical (unpaired) electrons. The average Bonchev–Trinajstić information content (AvgIpc) is 3.41. The van der Waals surface area contributed by atoms with Crippen LogP contribution in [0.1, 0.15) is 23.7 Å². The third-order valence-corrected chi connectivity index (χ3v) is 6.14. The van der Waals surface area contributed by atoms with Crippen LogP contribution in [0.25, 0.3) is 0 Å². The number of rotatable bonds is 6. The van der Waals surface area contributed by atoms with Gasteiger partial charge in [-0.25, -0.2) is 8.42 Å². The van der Waals surface area contributed by atoms with Crippen LogP contribution in [-0.2, 0) is 14.6 Å². The summed E-state index contributed by atoms with van der Waals surface area (Å²) >= 11 is 0. The molecule has 0 bridgehead atoms. The molecule has 120 valence electrons. The monoisotopic (exact) mass is 329 g/mol. The van der Waals surface area contributed by atoms with E-state index in [1.807, 2.05) is 18.2 Å². The first-order valence-corrected chi connectivity index (χ1v) is 9.25. The summed E-state index contributed by atoms with van der Waals surface area (Å²) in [7, 11) is -3.57. The van der Waals surface area contributed by atoms with Gasteiger partial charge in [0.05, 0.1) is 4.90 Å². The van der Waals surface area contributed by atoms with E-state index in [1.54, 1.807) is 42.5 Å². The SMILES string of the molecule is O=C(NC[C@@H](c1ccccc1)S(=O)(=O)c1ccccc1)C1CC1. The van der Waals surface area contributed by atoms with Crippen LogP contribution in [0.3, 0.4) is 0 Å². The smallest absolute Gasteiger partial charge is 0.223 e. The molecule has 5 heteroatoms. The molecule has 4 nitrogen and oxygen atoms in total. The third-order valence-electron chi connectivity index (χ3n) is 4.03. The number of hydrogen-bond acceptors (Lipinski definition) is 3. The van der Waals surface area contributed by atoms with Crippen molar-refractivity contribution in [3.63, 3.8) is 0 Å². The van der Waals surface area contributed by atoms with E-state index in [2.05, 4.69) is 5.32 Å². The van der Waals surface area contributed by atoms with Crippen LogP contribution < -0.4 is 5.32 Å². The third kappa shape index (κ3) is 3.62. The van der Waals surface area contributed by atoms with Gasteiger partial charge in [-0.15, -0.1) is 0 Å². The summed E-state index contributed by atoms with van der Waals surface area (Å²) in [5.74, 6) is 0.0139. The normalized spacial score (nSPS) is 15.8. The Balaban J connectivity index is 1.89. The predicted molar refractivity (Wildman–Crippen MR) is 88.5 cm³/mol. The number of carbonyl (C=O) groups excluding carboxylic acids is 1. The second-order valence-corrected chi connectivity index (χ2v) is 7.91. The van der Waals surface area contributed by atoms with Crippen molar-refractivity contribution in [1.82, 2.24) is 5.32 Å².